The smallest absolute Gasteiger partial charge is 0.119 e. The van der Waals surface area contributed by atoms with Crippen molar-refractivity contribution in [1.29, 1.82) is 0 Å². The third kappa shape index (κ3) is 4.05. The Morgan fingerprint density at radius 1 is 0.810 bits per heavy atom. The molecule has 0 unspecified atom stereocenters. The lowest BCUT2D eigenvalue weighted by atomic mass is 10.2. The SMILES string of the molecule is CCN(CC)c1ccc(/N=N/c2ccc(OC)cc2)cc1. The van der Waals surface area contributed by atoms with Gasteiger partial charge in [0.25, 0.3) is 0 Å². The maximum absolute atomic E-state index is 5.11. The minimum atomic E-state index is 0.809. The van der Waals surface area contributed by atoms with Gasteiger partial charge in [0.1, 0.15) is 5.75 Å². The Labute approximate surface area is 126 Å². The van der Waals surface area contributed by atoms with Crippen LogP contribution in [0.4, 0.5) is 17.1 Å². The molecule has 0 heterocycles. The van der Waals surface area contributed by atoms with Crippen LogP contribution in [0.2, 0.25) is 0 Å². The fourth-order valence-electron chi connectivity index (χ4n) is 2.08. The number of ether oxygens (including phenoxy) is 1. The third-order valence-electron chi connectivity index (χ3n) is 3.33. The fraction of sp³-hybridized carbons (Fsp3) is 0.294. The molecular weight excluding hydrogens is 262 g/mol. The van der Waals surface area contributed by atoms with Gasteiger partial charge in [-0.05, 0) is 62.4 Å². The highest BCUT2D eigenvalue weighted by molar-refractivity contribution is 5.52. The summed E-state index contributed by atoms with van der Waals surface area (Å²) >= 11 is 0. The molecule has 0 spiro atoms. The molecule has 2 aromatic rings. The first-order valence-corrected chi connectivity index (χ1v) is 7.17. The van der Waals surface area contributed by atoms with Gasteiger partial charge < -0.3 is 9.64 Å². The van der Waals surface area contributed by atoms with Gasteiger partial charge in [0.15, 0.2) is 0 Å². The van der Waals surface area contributed by atoms with Crippen molar-refractivity contribution >= 4 is 17.1 Å². The molecular formula is C17H21N3O. The van der Waals surface area contributed by atoms with Crippen molar-refractivity contribution < 1.29 is 4.74 Å². The lowest BCUT2D eigenvalue weighted by Crippen LogP contribution is -2.21. The molecule has 0 aromatic heterocycles. The Balaban J connectivity index is 2.06. The molecule has 0 fully saturated rings. The standard InChI is InChI=1S/C17H21N3O/c1-4-20(5-2)16-10-6-14(7-11-16)18-19-15-8-12-17(21-3)13-9-15/h6-13H,4-5H2,1-3H3/b19-18+. The number of hydrogen-bond acceptors (Lipinski definition) is 4. The van der Waals surface area contributed by atoms with E-state index in [9.17, 15) is 0 Å². The van der Waals surface area contributed by atoms with E-state index in [2.05, 4.69) is 41.1 Å². The number of nitrogens with zero attached hydrogens (tertiary/aromatic N) is 3. The van der Waals surface area contributed by atoms with Gasteiger partial charge in [-0.1, -0.05) is 0 Å². The Bertz CT molecular complexity index is 572. The molecule has 4 heteroatoms. The first kappa shape index (κ1) is 15.0. The molecule has 0 radical (unpaired) electrons. The summed E-state index contributed by atoms with van der Waals surface area (Å²) in [4.78, 5) is 2.30. The van der Waals surface area contributed by atoms with E-state index in [1.807, 2.05) is 36.4 Å². The molecule has 0 saturated carbocycles. The summed E-state index contributed by atoms with van der Waals surface area (Å²) in [6, 6.07) is 15.6. The van der Waals surface area contributed by atoms with Gasteiger partial charge in [-0.2, -0.15) is 10.2 Å². The van der Waals surface area contributed by atoms with Crippen molar-refractivity contribution in [2.45, 2.75) is 13.8 Å². The van der Waals surface area contributed by atoms with E-state index in [0.29, 0.717) is 0 Å². The summed E-state index contributed by atoms with van der Waals surface area (Å²) in [7, 11) is 1.65. The normalized spacial score (nSPS) is 10.8. The van der Waals surface area contributed by atoms with Crippen LogP contribution in [-0.2, 0) is 0 Å². The van der Waals surface area contributed by atoms with Gasteiger partial charge in [0.05, 0.1) is 18.5 Å². The summed E-state index contributed by atoms with van der Waals surface area (Å²) in [6.45, 7) is 6.31. The zero-order valence-electron chi connectivity index (χ0n) is 12.8. The Kier molecular flexibility index (Phi) is 5.32. The number of methoxy groups -OCH3 is 1. The summed E-state index contributed by atoms with van der Waals surface area (Å²) in [5.41, 5.74) is 2.87. The van der Waals surface area contributed by atoms with Gasteiger partial charge in [0.2, 0.25) is 0 Å². The van der Waals surface area contributed by atoms with Crippen LogP contribution in [-0.4, -0.2) is 20.2 Å². The monoisotopic (exact) mass is 283 g/mol. The van der Waals surface area contributed by atoms with Gasteiger partial charge in [0, 0.05) is 18.8 Å². The highest BCUT2D eigenvalue weighted by Crippen LogP contribution is 2.23. The van der Waals surface area contributed by atoms with E-state index in [1.165, 1.54) is 5.69 Å². The lowest BCUT2D eigenvalue weighted by molar-refractivity contribution is 0.415. The van der Waals surface area contributed by atoms with Crippen LogP contribution in [0.3, 0.4) is 0 Å². The van der Waals surface area contributed by atoms with Crippen LogP contribution in [0.25, 0.3) is 0 Å². The molecule has 0 aliphatic carbocycles. The summed E-state index contributed by atoms with van der Waals surface area (Å²) in [5.74, 6) is 0.817. The first-order valence-electron chi connectivity index (χ1n) is 7.17. The molecule has 0 N–H and O–H groups in total. The average molecular weight is 283 g/mol. The fourth-order valence-corrected chi connectivity index (χ4v) is 2.08. The van der Waals surface area contributed by atoms with Crippen molar-refractivity contribution in [1.82, 2.24) is 0 Å². The molecule has 21 heavy (non-hydrogen) atoms. The molecule has 2 aromatic carbocycles. The van der Waals surface area contributed by atoms with E-state index >= 15 is 0 Å². The van der Waals surface area contributed by atoms with Gasteiger partial charge in [-0.15, -0.1) is 0 Å². The summed E-state index contributed by atoms with van der Waals surface area (Å²) in [6.07, 6.45) is 0. The molecule has 0 aliphatic heterocycles. The van der Waals surface area contributed by atoms with Crippen molar-refractivity contribution in [3.8, 4) is 5.75 Å². The van der Waals surface area contributed by atoms with Crippen molar-refractivity contribution in [2.24, 2.45) is 10.2 Å². The Morgan fingerprint density at radius 2 is 1.29 bits per heavy atom. The number of benzene rings is 2. The van der Waals surface area contributed by atoms with Crippen molar-refractivity contribution in [3.63, 3.8) is 0 Å². The minimum Gasteiger partial charge on any atom is -0.497 e. The quantitative estimate of drug-likeness (QED) is 0.703. The largest absolute Gasteiger partial charge is 0.497 e. The predicted octanol–water partition coefficient (Wildman–Crippen LogP) is 4.96. The van der Waals surface area contributed by atoms with Crippen molar-refractivity contribution in [3.05, 3.63) is 48.5 Å². The van der Waals surface area contributed by atoms with Crippen LogP contribution in [0.1, 0.15) is 13.8 Å². The predicted molar refractivity (Wildman–Crippen MR) is 87.2 cm³/mol. The highest BCUT2D eigenvalue weighted by atomic mass is 16.5. The van der Waals surface area contributed by atoms with Crippen LogP contribution in [0, 0.1) is 0 Å². The number of anilines is 1. The molecule has 0 atom stereocenters. The van der Waals surface area contributed by atoms with Crippen LogP contribution < -0.4 is 9.64 Å². The number of azo groups is 1. The summed E-state index contributed by atoms with van der Waals surface area (Å²) < 4.78 is 5.11. The molecule has 0 aliphatic rings. The minimum absolute atomic E-state index is 0.809. The molecule has 0 amide bonds. The van der Waals surface area contributed by atoms with Gasteiger partial charge >= 0.3 is 0 Å². The molecule has 110 valence electrons. The average Bonchev–Trinajstić information content (AvgIpc) is 2.55. The molecule has 0 saturated heterocycles. The second kappa shape index (κ2) is 7.43. The van der Waals surface area contributed by atoms with E-state index in [-0.39, 0.29) is 0 Å². The molecule has 0 bridgehead atoms. The van der Waals surface area contributed by atoms with E-state index < -0.39 is 0 Å². The zero-order chi connectivity index (χ0) is 15.1. The maximum atomic E-state index is 5.11. The number of hydrogen-bond donors (Lipinski definition) is 0. The molecule has 4 nitrogen and oxygen atoms in total. The van der Waals surface area contributed by atoms with Crippen LogP contribution in [0.15, 0.2) is 58.8 Å². The van der Waals surface area contributed by atoms with Crippen LogP contribution >= 0.6 is 0 Å². The second-order valence-electron chi connectivity index (χ2n) is 4.59. The van der Waals surface area contributed by atoms with Gasteiger partial charge in [-0.25, -0.2) is 0 Å². The molecule has 2 rings (SSSR count). The Hall–Kier alpha value is -2.36. The highest BCUT2D eigenvalue weighted by Gasteiger charge is 2.00. The maximum Gasteiger partial charge on any atom is 0.119 e. The van der Waals surface area contributed by atoms with E-state index in [4.69, 9.17) is 4.74 Å². The van der Waals surface area contributed by atoms with Crippen LogP contribution in [0.5, 0.6) is 5.75 Å². The Morgan fingerprint density at radius 3 is 1.71 bits per heavy atom. The number of rotatable bonds is 6. The lowest BCUT2D eigenvalue weighted by Gasteiger charge is -2.20. The van der Waals surface area contributed by atoms with Crippen molar-refractivity contribution in [2.75, 3.05) is 25.1 Å². The van der Waals surface area contributed by atoms with E-state index in [0.717, 1.165) is 30.2 Å². The topological polar surface area (TPSA) is 37.2 Å². The third-order valence-corrected chi connectivity index (χ3v) is 3.33. The van der Waals surface area contributed by atoms with Gasteiger partial charge in [-0.3, -0.25) is 0 Å². The van der Waals surface area contributed by atoms with E-state index in [1.54, 1.807) is 7.11 Å². The summed E-state index contributed by atoms with van der Waals surface area (Å²) in [5, 5.41) is 8.47. The second-order valence-corrected chi connectivity index (χ2v) is 4.59. The first-order chi connectivity index (χ1) is 10.3. The zero-order valence-corrected chi connectivity index (χ0v) is 12.8.